The van der Waals surface area contributed by atoms with E-state index >= 15 is 0 Å². The molecule has 3 rings (SSSR count). The third-order valence-corrected chi connectivity index (χ3v) is 4.19. The quantitative estimate of drug-likeness (QED) is 0.813. The lowest BCUT2D eigenvalue weighted by molar-refractivity contribution is 0.0154. The Labute approximate surface area is 113 Å². The second-order valence-electron chi connectivity index (χ2n) is 5.39. The van der Waals surface area contributed by atoms with E-state index in [1.165, 1.54) is 5.69 Å². The molecule has 0 radical (unpaired) electrons. The van der Waals surface area contributed by atoms with Gasteiger partial charge in [0.1, 0.15) is 0 Å². The molecule has 4 nitrogen and oxygen atoms in total. The van der Waals surface area contributed by atoms with Crippen molar-refractivity contribution in [1.29, 1.82) is 5.26 Å². The number of hydrogen-bond donors (Lipinski definition) is 0. The molecule has 2 fully saturated rings. The zero-order valence-electron chi connectivity index (χ0n) is 11.1. The van der Waals surface area contributed by atoms with E-state index in [-0.39, 0.29) is 11.7 Å². The van der Waals surface area contributed by atoms with E-state index in [4.69, 9.17) is 14.7 Å². The minimum atomic E-state index is -0.0332. The fourth-order valence-corrected chi connectivity index (χ4v) is 3.05. The molecular formula is C15H18N2O2. The molecule has 2 heterocycles. The minimum absolute atomic E-state index is 0.0332. The molecule has 0 aliphatic carbocycles. The molecule has 1 spiro atoms. The highest BCUT2D eigenvalue weighted by Gasteiger charge is 2.45. The number of nitrogens with zero attached hydrogens (tertiary/aromatic N) is 2. The van der Waals surface area contributed by atoms with Crippen molar-refractivity contribution in [3.63, 3.8) is 0 Å². The normalized spacial score (nSPS) is 29.9. The fourth-order valence-electron chi connectivity index (χ4n) is 3.05. The summed E-state index contributed by atoms with van der Waals surface area (Å²) < 4.78 is 11.4. The zero-order valence-corrected chi connectivity index (χ0v) is 11.1. The Bertz CT molecular complexity index is 494. The van der Waals surface area contributed by atoms with E-state index < -0.39 is 0 Å². The molecule has 2 aliphatic rings. The second-order valence-corrected chi connectivity index (χ2v) is 5.39. The van der Waals surface area contributed by atoms with Crippen molar-refractivity contribution >= 4 is 5.69 Å². The molecule has 2 unspecified atom stereocenters. The van der Waals surface area contributed by atoms with Crippen LogP contribution in [0.15, 0.2) is 24.3 Å². The lowest BCUT2D eigenvalue weighted by Gasteiger charge is -2.24. The van der Waals surface area contributed by atoms with Crippen LogP contribution in [0, 0.1) is 11.3 Å². The van der Waals surface area contributed by atoms with Gasteiger partial charge < -0.3 is 14.4 Å². The molecule has 19 heavy (non-hydrogen) atoms. The highest BCUT2D eigenvalue weighted by atomic mass is 16.6. The van der Waals surface area contributed by atoms with Crippen LogP contribution in [0.25, 0.3) is 0 Å². The molecule has 0 N–H and O–H groups in total. The number of ether oxygens (including phenoxy) is 2. The van der Waals surface area contributed by atoms with E-state index in [2.05, 4.69) is 11.0 Å². The predicted octanol–water partition coefficient (Wildman–Crippen LogP) is 1.94. The van der Waals surface area contributed by atoms with Gasteiger partial charge in [0.25, 0.3) is 0 Å². The third kappa shape index (κ3) is 2.32. The molecule has 0 saturated carbocycles. The van der Waals surface area contributed by atoms with Crippen LogP contribution < -0.4 is 4.90 Å². The van der Waals surface area contributed by atoms with E-state index in [1.54, 1.807) is 7.11 Å². The average Bonchev–Trinajstić information content (AvgIpc) is 3.07. The molecule has 1 aromatic carbocycles. The smallest absolute Gasteiger partial charge is 0.0991 e. The standard InChI is InChI=1S/C15H18N2O2/c1-18-14-8-15(19-10-14)6-7-17(11-15)13-4-2-12(9-16)3-5-13/h2-5,14H,6-8,10-11H2,1H3. The van der Waals surface area contributed by atoms with Crippen molar-refractivity contribution in [3.05, 3.63) is 29.8 Å². The minimum Gasteiger partial charge on any atom is -0.379 e. The number of benzene rings is 1. The first-order chi connectivity index (χ1) is 9.24. The number of methoxy groups -OCH3 is 1. The Morgan fingerprint density at radius 3 is 2.84 bits per heavy atom. The Balaban J connectivity index is 1.70. The van der Waals surface area contributed by atoms with Crippen LogP contribution in [-0.4, -0.2) is 38.5 Å². The van der Waals surface area contributed by atoms with E-state index in [0.717, 1.165) is 25.9 Å². The van der Waals surface area contributed by atoms with Gasteiger partial charge in [0.2, 0.25) is 0 Å². The van der Waals surface area contributed by atoms with Gasteiger partial charge in [-0.05, 0) is 30.7 Å². The lowest BCUT2D eigenvalue weighted by Crippen LogP contribution is -2.33. The summed E-state index contributed by atoms with van der Waals surface area (Å²) in [7, 11) is 1.75. The molecule has 4 heteroatoms. The molecule has 2 atom stereocenters. The van der Waals surface area contributed by atoms with E-state index in [9.17, 15) is 0 Å². The van der Waals surface area contributed by atoms with Gasteiger partial charge >= 0.3 is 0 Å². The SMILES string of the molecule is COC1COC2(CCN(c3ccc(C#N)cc3)C2)C1. The maximum absolute atomic E-state index is 8.82. The van der Waals surface area contributed by atoms with Crippen LogP contribution >= 0.6 is 0 Å². The average molecular weight is 258 g/mol. The van der Waals surface area contributed by atoms with Crippen LogP contribution in [0.4, 0.5) is 5.69 Å². The largest absolute Gasteiger partial charge is 0.379 e. The van der Waals surface area contributed by atoms with Crippen molar-refractivity contribution in [2.75, 3.05) is 31.7 Å². The summed E-state index contributed by atoms with van der Waals surface area (Å²) in [5.41, 5.74) is 1.84. The monoisotopic (exact) mass is 258 g/mol. The highest BCUT2D eigenvalue weighted by molar-refractivity contribution is 5.51. The molecule has 2 saturated heterocycles. The Kier molecular flexibility index (Phi) is 3.17. The van der Waals surface area contributed by atoms with Crippen molar-refractivity contribution < 1.29 is 9.47 Å². The summed E-state index contributed by atoms with van der Waals surface area (Å²) >= 11 is 0. The summed E-state index contributed by atoms with van der Waals surface area (Å²) in [6, 6.07) is 9.91. The van der Waals surface area contributed by atoms with Gasteiger partial charge in [-0.15, -0.1) is 0 Å². The van der Waals surface area contributed by atoms with Crippen LogP contribution in [0.5, 0.6) is 0 Å². The first-order valence-corrected chi connectivity index (χ1v) is 6.66. The summed E-state index contributed by atoms with van der Waals surface area (Å²) in [5, 5.41) is 8.82. The summed E-state index contributed by atoms with van der Waals surface area (Å²) in [4.78, 5) is 2.33. The lowest BCUT2D eigenvalue weighted by atomic mass is 9.98. The van der Waals surface area contributed by atoms with Crippen LogP contribution in [0.1, 0.15) is 18.4 Å². The van der Waals surface area contributed by atoms with Gasteiger partial charge in [0.15, 0.2) is 0 Å². The maximum Gasteiger partial charge on any atom is 0.0991 e. The molecule has 2 aliphatic heterocycles. The second kappa shape index (κ2) is 4.84. The van der Waals surface area contributed by atoms with Gasteiger partial charge in [-0.3, -0.25) is 0 Å². The summed E-state index contributed by atoms with van der Waals surface area (Å²) in [5.74, 6) is 0. The Morgan fingerprint density at radius 2 is 2.21 bits per heavy atom. The van der Waals surface area contributed by atoms with Gasteiger partial charge in [0, 0.05) is 32.3 Å². The highest BCUT2D eigenvalue weighted by Crippen LogP contribution is 2.37. The van der Waals surface area contributed by atoms with Gasteiger partial charge in [-0.1, -0.05) is 0 Å². The molecular weight excluding hydrogens is 240 g/mol. The van der Waals surface area contributed by atoms with Crippen LogP contribution in [0.2, 0.25) is 0 Å². The van der Waals surface area contributed by atoms with Gasteiger partial charge in [-0.2, -0.15) is 5.26 Å². The zero-order chi connectivity index (χ0) is 13.3. The van der Waals surface area contributed by atoms with Crippen molar-refractivity contribution in [1.82, 2.24) is 0 Å². The third-order valence-electron chi connectivity index (χ3n) is 4.19. The first kappa shape index (κ1) is 12.5. The van der Waals surface area contributed by atoms with Crippen molar-refractivity contribution in [3.8, 4) is 6.07 Å². The Hall–Kier alpha value is -1.57. The predicted molar refractivity (Wildman–Crippen MR) is 72.1 cm³/mol. The maximum atomic E-state index is 8.82. The van der Waals surface area contributed by atoms with Crippen LogP contribution in [-0.2, 0) is 9.47 Å². The van der Waals surface area contributed by atoms with Crippen molar-refractivity contribution in [2.45, 2.75) is 24.5 Å². The topological polar surface area (TPSA) is 45.5 Å². The molecule has 0 amide bonds. The Morgan fingerprint density at radius 1 is 1.42 bits per heavy atom. The molecule has 100 valence electrons. The first-order valence-electron chi connectivity index (χ1n) is 6.66. The van der Waals surface area contributed by atoms with Crippen molar-refractivity contribution in [2.24, 2.45) is 0 Å². The number of hydrogen-bond acceptors (Lipinski definition) is 4. The summed E-state index contributed by atoms with van der Waals surface area (Å²) in [6.07, 6.45) is 2.27. The van der Waals surface area contributed by atoms with Gasteiger partial charge in [0.05, 0.1) is 29.9 Å². The van der Waals surface area contributed by atoms with E-state index in [0.29, 0.717) is 12.2 Å². The number of rotatable bonds is 2. The number of anilines is 1. The number of nitriles is 1. The molecule has 0 bridgehead atoms. The van der Waals surface area contributed by atoms with Gasteiger partial charge in [-0.25, -0.2) is 0 Å². The van der Waals surface area contributed by atoms with Crippen LogP contribution in [0.3, 0.4) is 0 Å². The summed E-state index contributed by atoms with van der Waals surface area (Å²) in [6.45, 7) is 2.62. The molecule has 0 aromatic heterocycles. The molecule has 1 aromatic rings. The van der Waals surface area contributed by atoms with E-state index in [1.807, 2.05) is 24.3 Å². The fraction of sp³-hybridized carbons (Fsp3) is 0.533.